The van der Waals surface area contributed by atoms with Crippen molar-refractivity contribution in [3.05, 3.63) is 40.8 Å². The Morgan fingerprint density at radius 2 is 2.11 bits per heavy atom. The van der Waals surface area contributed by atoms with E-state index in [1.807, 2.05) is 0 Å². The predicted octanol–water partition coefficient (Wildman–Crippen LogP) is 3.11. The van der Waals surface area contributed by atoms with Crippen molar-refractivity contribution in [3.8, 4) is 11.3 Å². The fraction of sp³-hybridized carbons (Fsp3) is 0.167. The number of nitrogens with zero attached hydrogens (tertiary/aromatic N) is 1. The van der Waals surface area contributed by atoms with Gasteiger partial charge in [-0.15, -0.1) is 0 Å². The van der Waals surface area contributed by atoms with E-state index in [0.717, 1.165) is 28.5 Å². The van der Waals surface area contributed by atoms with Gasteiger partial charge in [-0.2, -0.15) is 4.37 Å². The van der Waals surface area contributed by atoms with Crippen LogP contribution >= 0.6 is 11.5 Å². The maximum Gasteiger partial charge on any atom is 0.303 e. The van der Waals surface area contributed by atoms with Gasteiger partial charge in [-0.1, -0.05) is 0 Å². The summed E-state index contributed by atoms with van der Waals surface area (Å²) in [6.07, 6.45) is 0.364. The number of aryl methyl sites for hydroxylation is 1. The van der Waals surface area contributed by atoms with Crippen LogP contribution in [0, 0.1) is 11.6 Å². The van der Waals surface area contributed by atoms with Crippen molar-refractivity contribution < 1.29 is 18.7 Å². The molecule has 0 fully saturated rings. The lowest BCUT2D eigenvalue weighted by atomic mass is 10.1. The van der Waals surface area contributed by atoms with Gasteiger partial charge in [-0.3, -0.25) is 4.79 Å². The highest BCUT2D eigenvalue weighted by Gasteiger charge is 2.11. The van der Waals surface area contributed by atoms with Gasteiger partial charge < -0.3 is 5.11 Å². The summed E-state index contributed by atoms with van der Waals surface area (Å²) in [6.45, 7) is 0. The Hall–Kier alpha value is -1.82. The molecule has 0 aliphatic carbocycles. The molecular formula is C12H9F2NO2S. The smallest absolute Gasteiger partial charge is 0.303 e. The van der Waals surface area contributed by atoms with Crippen molar-refractivity contribution >= 4 is 17.5 Å². The van der Waals surface area contributed by atoms with Crippen LogP contribution in [0.4, 0.5) is 8.78 Å². The molecule has 2 aromatic rings. The first kappa shape index (κ1) is 12.6. The van der Waals surface area contributed by atoms with Gasteiger partial charge in [0.15, 0.2) is 0 Å². The van der Waals surface area contributed by atoms with Crippen molar-refractivity contribution in [2.45, 2.75) is 12.8 Å². The van der Waals surface area contributed by atoms with Crippen LogP contribution in [0.2, 0.25) is 0 Å². The topological polar surface area (TPSA) is 50.2 Å². The third-order valence-corrected chi connectivity index (χ3v) is 3.20. The molecule has 0 saturated carbocycles. The van der Waals surface area contributed by atoms with E-state index >= 15 is 0 Å². The van der Waals surface area contributed by atoms with E-state index in [4.69, 9.17) is 5.11 Å². The van der Waals surface area contributed by atoms with E-state index in [-0.39, 0.29) is 12.0 Å². The Bertz CT molecular complexity index is 583. The first-order valence-electron chi connectivity index (χ1n) is 5.19. The van der Waals surface area contributed by atoms with Gasteiger partial charge >= 0.3 is 5.97 Å². The minimum atomic E-state index is -0.891. The van der Waals surface area contributed by atoms with E-state index in [1.54, 1.807) is 6.07 Å². The Morgan fingerprint density at radius 3 is 2.78 bits per heavy atom. The first-order chi connectivity index (χ1) is 8.56. The average molecular weight is 269 g/mol. The maximum atomic E-state index is 13.5. The SMILES string of the molecule is O=C(O)CCc1cc(-c2ccc(F)cc2F)ns1. The highest BCUT2D eigenvalue weighted by atomic mass is 32.1. The van der Waals surface area contributed by atoms with Gasteiger partial charge in [0.25, 0.3) is 0 Å². The van der Waals surface area contributed by atoms with E-state index in [1.165, 1.54) is 6.07 Å². The summed E-state index contributed by atoms with van der Waals surface area (Å²) in [5.74, 6) is -2.21. The van der Waals surface area contributed by atoms with E-state index < -0.39 is 17.6 Å². The second-order valence-corrected chi connectivity index (χ2v) is 4.59. The van der Waals surface area contributed by atoms with Crippen LogP contribution in [0.3, 0.4) is 0 Å². The van der Waals surface area contributed by atoms with E-state index in [9.17, 15) is 13.6 Å². The largest absolute Gasteiger partial charge is 0.481 e. The number of hydrogen-bond donors (Lipinski definition) is 1. The molecule has 6 heteroatoms. The number of carboxylic acids is 1. The van der Waals surface area contributed by atoms with Crippen molar-refractivity contribution in [2.24, 2.45) is 0 Å². The highest BCUT2D eigenvalue weighted by Crippen LogP contribution is 2.25. The molecule has 0 atom stereocenters. The lowest BCUT2D eigenvalue weighted by Gasteiger charge is -1.98. The quantitative estimate of drug-likeness (QED) is 0.927. The fourth-order valence-electron chi connectivity index (χ4n) is 1.49. The lowest BCUT2D eigenvalue weighted by Crippen LogP contribution is -1.95. The average Bonchev–Trinajstić information content (AvgIpc) is 2.75. The zero-order chi connectivity index (χ0) is 13.1. The third kappa shape index (κ3) is 2.89. The number of halogens is 2. The van der Waals surface area contributed by atoms with Crippen molar-refractivity contribution in [1.29, 1.82) is 0 Å². The van der Waals surface area contributed by atoms with Gasteiger partial charge in [-0.05, 0) is 36.2 Å². The van der Waals surface area contributed by atoms with Gasteiger partial charge in [-0.25, -0.2) is 8.78 Å². The maximum absolute atomic E-state index is 13.5. The number of carbonyl (C=O) groups is 1. The second kappa shape index (κ2) is 5.22. The summed E-state index contributed by atoms with van der Waals surface area (Å²) in [7, 11) is 0. The molecule has 0 saturated heterocycles. The number of aromatic nitrogens is 1. The normalized spacial score (nSPS) is 10.6. The molecule has 1 N–H and O–H groups in total. The molecular weight excluding hydrogens is 260 g/mol. The molecule has 0 spiro atoms. The predicted molar refractivity (Wildman–Crippen MR) is 63.4 cm³/mol. The van der Waals surface area contributed by atoms with Crippen LogP contribution < -0.4 is 0 Å². The van der Waals surface area contributed by atoms with E-state index in [2.05, 4.69) is 4.37 Å². The van der Waals surface area contributed by atoms with Crippen LogP contribution in [-0.4, -0.2) is 15.4 Å². The molecule has 0 aliphatic heterocycles. The molecule has 0 unspecified atom stereocenters. The zero-order valence-electron chi connectivity index (χ0n) is 9.19. The van der Waals surface area contributed by atoms with Gasteiger partial charge in [0.1, 0.15) is 11.6 Å². The number of rotatable bonds is 4. The zero-order valence-corrected chi connectivity index (χ0v) is 10.0. The first-order valence-corrected chi connectivity index (χ1v) is 5.96. The van der Waals surface area contributed by atoms with Crippen LogP contribution in [0.1, 0.15) is 11.3 Å². The minimum absolute atomic E-state index is 0.00747. The van der Waals surface area contributed by atoms with Crippen LogP contribution in [-0.2, 0) is 11.2 Å². The molecule has 2 rings (SSSR count). The molecule has 1 heterocycles. The Balaban J connectivity index is 2.21. The molecule has 18 heavy (non-hydrogen) atoms. The van der Waals surface area contributed by atoms with Gasteiger partial charge in [0.05, 0.1) is 12.1 Å². The Morgan fingerprint density at radius 1 is 1.33 bits per heavy atom. The number of hydrogen-bond acceptors (Lipinski definition) is 3. The number of aliphatic carboxylic acids is 1. The minimum Gasteiger partial charge on any atom is -0.481 e. The molecule has 0 bridgehead atoms. The van der Waals surface area contributed by atoms with E-state index in [0.29, 0.717) is 12.1 Å². The summed E-state index contributed by atoms with van der Waals surface area (Å²) in [6, 6.07) is 4.91. The second-order valence-electron chi connectivity index (χ2n) is 3.70. The number of benzene rings is 1. The van der Waals surface area contributed by atoms with Crippen LogP contribution in [0.15, 0.2) is 24.3 Å². The monoisotopic (exact) mass is 269 g/mol. The third-order valence-electron chi connectivity index (χ3n) is 2.35. The van der Waals surface area contributed by atoms with Crippen LogP contribution in [0.5, 0.6) is 0 Å². The van der Waals surface area contributed by atoms with Gasteiger partial charge in [0.2, 0.25) is 0 Å². The van der Waals surface area contributed by atoms with Crippen molar-refractivity contribution in [3.63, 3.8) is 0 Å². The Kier molecular flexibility index (Phi) is 3.66. The lowest BCUT2D eigenvalue weighted by molar-refractivity contribution is -0.136. The summed E-state index contributed by atoms with van der Waals surface area (Å²) in [5.41, 5.74) is 0.618. The van der Waals surface area contributed by atoms with Crippen molar-refractivity contribution in [2.75, 3.05) is 0 Å². The molecule has 94 valence electrons. The summed E-state index contributed by atoms with van der Waals surface area (Å²) in [5, 5.41) is 8.56. The summed E-state index contributed by atoms with van der Waals surface area (Å²) in [4.78, 5) is 11.2. The molecule has 0 aliphatic rings. The summed E-state index contributed by atoms with van der Waals surface area (Å²) >= 11 is 1.13. The Labute approximate surface area is 106 Å². The molecule has 0 radical (unpaired) electrons. The van der Waals surface area contributed by atoms with Crippen molar-refractivity contribution in [1.82, 2.24) is 4.37 Å². The number of carboxylic acid groups (broad SMARTS) is 1. The molecule has 3 nitrogen and oxygen atoms in total. The highest BCUT2D eigenvalue weighted by molar-refractivity contribution is 7.06. The molecule has 1 aromatic heterocycles. The van der Waals surface area contributed by atoms with Gasteiger partial charge in [0, 0.05) is 16.5 Å². The van der Waals surface area contributed by atoms with Crippen LogP contribution in [0.25, 0.3) is 11.3 Å². The molecule has 1 aromatic carbocycles. The standard InChI is InChI=1S/C12H9F2NO2S/c13-7-1-3-9(10(14)5-7)11-6-8(18-15-11)2-4-12(16)17/h1,3,5-6H,2,4H2,(H,16,17). The molecule has 0 amide bonds. The summed E-state index contributed by atoms with van der Waals surface area (Å²) < 4.78 is 30.3. The fourth-order valence-corrected chi connectivity index (χ4v) is 2.21.